The van der Waals surface area contributed by atoms with E-state index in [1.165, 1.54) is 0 Å². The molecule has 0 amide bonds. The second-order valence-corrected chi connectivity index (χ2v) is 3.41. The predicted octanol–water partition coefficient (Wildman–Crippen LogP) is 0.801. The third-order valence-electron chi connectivity index (χ3n) is 2.46. The Kier molecular flexibility index (Phi) is 2.49. The summed E-state index contributed by atoms with van der Waals surface area (Å²) in [6.07, 6.45) is 2.93. The zero-order valence-corrected chi connectivity index (χ0v) is 7.08. The average Bonchev–Trinajstić information content (AvgIpc) is 2.32. The average molecular weight is 157 g/mol. The van der Waals surface area contributed by atoms with Crippen LogP contribution in [0.5, 0.6) is 0 Å². The molecule has 0 saturated heterocycles. The highest BCUT2D eigenvalue weighted by Gasteiger charge is 2.33. The lowest BCUT2D eigenvalue weighted by Gasteiger charge is -2.22. The molecular weight excluding hydrogens is 142 g/mol. The van der Waals surface area contributed by atoms with E-state index in [1.54, 1.807) is 0 Å². The Hall–Kier alpha value is -0.570. The zero-order valence-electron chi connectivity index (χ0n) is 7.08. The number of hydrogen-bond acceptors (Lipinski definition) is 2. The van der Waals surface area contributed by atoms with Gasteiger partial charge in [-0.15, -0.1) is 0 Å². The smallest absolute Gasteiger partial charge is 0.308 e. The van der Waals surface area contributed by atoms with E-state index in [2.05, 4.69) is 0 Å². The van der Waals surface area contributed by atoms with Gasteiger partial charge in [0, 0.05) is 6.04 Å². The molecule has 1 saturated carbocycles. The first kappa shape index (κ1) is 8.53. The number of carbonyl (C=O) groups is 1. The van der Waals surface area contributed by atoms with Crippen molar-refractivity contribution in [3.8, 4) is 0 Å². The standard InChI is InChI=1S/C8H15NO2/c1-9(2)7-5-3-4-6(7)8(10)11/h6-7H,3-5H2,1-2H3,(H,10,11)/t6-,7+/m0/s1. The molecule has 1 aliphatic carbocycles. The minimum Gasteiger partial charge on any atom is -0.481 e. The van der Waals surface area contributed by atoms with Crippen molar-refractivity contribution < 1.29 is 9.90 Å². The Morgan fingerprint density at radius 1 is 1.45 bits per heavy atom. The van der Waals surface area contributed by atoms with Crippen molar-refractivity contribution >= 4 is 5.97 Å². The molecule has 1 N–H and O–H groups in total. The highest BCUT2D eigenvalue weighted by molar-refractivity contribution is 5.71. The Morgan fingerprint density at radius 2 is 2.09 bits per heavy atom. The monoisotopic (exact) mass is 157 g/mol. The van der Waals surface area contributed by atoms with Crippen LogP contribution in [0.1, 0.15) is 19.3 Å². The lowest BCUT2D eigenvalue weighted by molar-refractivity contribution is -0.143. The quantitative estimate of drug-likeness (QED) is 0.644. The number of carboxylic acids is 1. The maximum atomic E-state index is 10.7. The fourth-order valence-electron chi connectivity index (χ4n) is 1.85. The van der Waals surface area contributed by atoms with Crippen molar-refractivity contribution in [1.82, 2.24) is 4.90 Å². The summed E-state index contributed by atoms with van der Waals surface area (Å²) in [5, 5.41) is 8.81. The molecule has 0 heterocycles. The summed E-state index contributed by atoms with van der Waals surface area (Å²) in [4.78, 5) is 12.7. The van der Waals surface area contributed by atoms with Crippen LogP contribution in [-0.4, -0.2) is 36.1 Å². The van der Waals surface area contributed by atoms with Gasteiger partial charge in [-0.3, -0.25) is 4.79 Å². The Bertz CT molecular complexity index is 156. The van der Waals surface area contributed by atoms with Gasteiger partial charge in [0.1, 0.15) is 0 Å². The van der Waals surface area contributed by atoms with E-state index in [9.17, 15) is 4.79 Å². The van der Waals surface area contributed by atoms with Crippen LogP contribution in [0.15, 0.2) is 0 Å². The van der Waals surface area contributed by atoms with Gasteiger partial charge in [0.2, 0.25) is 0 Å². The molecule has 11 heavy (non-hydrogen) atoms. The molecule has 64 valence electrons. The third kappa shape index (κ3) is 1.71. The van der Waals surface area contributed by atoms with Gasteiger partial charge >= 0.3 is 5.97 Å². The summed E-state index contributed by atoms with van der Waals surface area (Å²) in [7, 11) is 3.90. The molecule has 3 nitrogen and oxygen atoms in total. The summed E-state index contributed by atoms with van der Waals surface area (Å²) in [5.74, 6) is -0.772. The Morgan fingerprint density at radius 3 is 2.45 bits per heavy atom. The number of rotatable bonds is 2. The van der Waals surface area contributed by atoms with Gasteiger partial charge in [-0.1, -0.05) is 6.42 Å². The van der Waals surface area contributed by atoms with E-state index in [-0.39, 0.29) is 12.0 Å². The number of aliphatic carboxylic acids is 1. The van der Waals surface area contributed by atoms with Crippen molar-refractivity contribution in [2.24, 2.45) is 5.92 Å². The van der Waals surface area contributed by atoms with Gasteiger partial charge in [0.15, 0.2) is 0 Å². The lowest BCUT2D eigenvalue weighted by atomic mass is 10.0. The zero-order chi connectivity index (χ0) is 8.43. The van der Waals surface area contributed by atoms with Gasteiger partial charge in [0.05, 0.1) is 5.92 Å². The SMILES string of the molecule is CN(C)[C@@H]1CCC[C@@H]1C(=O)O. The number of hydrogen-bond donors (Lipinski definition) is 1. The van der Waals surface area contributed by atoms with E-state index in [0.717, 1.165) is 19.3 Å². The fraction of sp³-hybridized carbons (Fsp3) is 0.875. The molecule has 0 unspecified atom stereocenters. The van der Waals surface area contributed by atoms with Gasteiger partial charge < -0.3 is 10.0 Å². The van der Waals surface area contributed by atoms with E-state index in [1.807, 2.05) is 19.0 Å². The molecule has 1 rings (SSSR count). The van der Waals surface area contributed by atoms with Gasteiger partial charge in [-0.05, 0) is 26.9 Å². The largest absolute Gasteiger partial charge is 0.481 e. The molecule has 0 aliphatic heterocycles. The van der Waals surface area contributed by atoms with Crippen molar-refractivity contribution in [2.75, 3.05) is 14.1 Å². The van der Waals surface area contributed by atoms with Crippen LogP contribution in [0.25, 0.3) is 0 Å². The van der Waals surface area contributed by atoms with Crippen molar-refractivity contribution in [2.45, 2.75) is 25.3 Å². The molecule has 0 spiro atoms. The van der Waals surface area contributed by atoms with Gasteiger partial charge in [0.25, 0.3) is 0 Å². The number of carboxylic acid groups (broad SMARTS) is 1. The maximum Gasteiger partial charge on any atom is 0.308 e. The summed E-state index contributed by atoms with van der Waals surface area (Å²) in [5.41, 5.74) is 0. The fourth-order valence-corrected chi connectivity index (χ4v) is 1.85. The molecule has 0 aromatic heterocycles. The van der Waals surface area contributed by atoms with Crippen LogP contribution in [0.2, 0.25) is 0 Å². The Balaban J connectivity index is 2.58. The van der Waals surface area contributed by atoms with Crippen LogP contribution in [-0.2, 0) is 4.79 Å². The van der Waals surface area contributed by atoms with Crippen molar-refractivity contribution in [3.63, 3.8) is 0 Å². The molecule has 1 aliphatic rings. The van der Waals surface area contributed by atoms with Crippen LogP contribution < -0.4 is 0 Å². The highest BCUT2D eigenvalue weighted by Crippen LogP contribution is 2.28. The molecule has 1 fully saturated rings. The second-order valence-electron chi connectivity index (χ2n) is 3.41. The van der Waals surface area contributed by atoms with E-state index >= 15 is 0 Å². The molecule has 0 aromatic rings. The van der Waals surface area contributed by atoms with Crippen LogP contribution >= 0.6 is 0 Å². The summed E-state index contributed by atoms with van der Waals surface area (Å²) >= 11 is 0. The molecule has 0 bridgehead atoms. The molecule has 3 heteroatoms. The van der Waals surface area contributed by atoms with Crippen LogP contribution in [0, 0.1) is 5.92 Å². The lowest BCUT2D eigenvalue weighted by Crippen LogP contribution is -2.35. The number of nitrogens with zero attached hydrogens (tertiary/aromatic N) is 1. The topological polar surface area (TPSA) is 40.5 Å². The molecule has 2 atom stereocenters. The molecular formula is C8H15NO2. The second kappa shape index (κ2) is 3.22. The first-order valence-corrected chi connectivity index (χ1v) is 4.02. The maximum absolute atomic E-state index is 10.7. The summed E-state index contributed by atoms with van der Waals surface area (Å²) in [6, 6.07) is 0.257. The van der Waals surface area contributed by atoms with Crippen molar-refractivity contribution in [1.29, 1.82) is 0 Å². The van der Waals surface area contributed by atoms with Gasteiger partial charge in [-0.25, -0.2) is 0 Å². The highest BCUT2D eigenvalue weighted by atomic mass is 16.4. The van der Waals surface area contributed by atoms with E-state index in [0.29, 0.717) is 0 Å². The van der Waals surface area contributed by atoms with Gasteiger partial charge in [-0.2, -0.15) is 0 Å². The molecule has 0 radical (unpaired) electrons. The third-order valence-corrected chi connectivity index (χ3v) is 2.46. The van der Waals surface area contributed by atoms with E-state index in [4.69, 9.17) is 5.11 Å². The van der Waals surface area contributed by atoms with Crippen LogP contribution in [0.4, 0.5) is 0 Å². The predicted molar refractivity (Wildman–Crippen MR) is 42.5 cm³/mol. The van der Waals surface area contributed by atoms with Crippen LogP contribution in [0.3, 0.4) is 0 Å². The van der Waals surface area contributed by atoms with E-state index < -0.39 is 5.97 Å². The Labute approximate surface area is 67.0 Å². The minimum absolute atomic E-state index is 0.134. The first-order chi connectivity index (χ1) is 5.13. The summed E-state index contributed by atoms with van der Waals surface area (Å²) < 4.78 is 0. The first-order valence-electron chi connectivity index (χ1n) is 4.02. The summed E-state index contributed by atoms with van der Waals surface area (Å²) in [6.45, 7) is 0. The minimum atomic E-state index is -0.638. The van der Waals surface area contributed by atoms with Crippen molar-refractivity contribution in [3.05, 3.63) is 0 Å². The molecule has 0 aromatic carbocycles. The normalized spacial score (nSPS) is 31.2.